The van der Waals surface area contributed by atoms with Gasteiger partial charge in [0.15, 0.2) is 0 Å². The Morgan fingerprint density at radius 1 is 1.21 bits per heavy atom. The van der Waals surface area contributed by atoms with E-state index in [0.717, 1.165) is 10.3 Å². The van der Waals surface area contributed by atoms with Crippen LogP contribution < -0.4 is 11.1 Å². The van der Waals surface area contributed by atoms with Crippen molar-refractivity contribution in [2.75, 3.05) is 0 Å². The Morgan fingerprint density at radius 3 is 2.64 bits per heavy atom. The summed E-state index contributed by atoms with van der Waals surface area (Å²) in [6, 6.07) is 0. The van der Waals surface area contributed by atoms with Crippen LogP contribution in [-0.2, 0) is 0 Å². The predicted molar refractivity (Wildman–Crippen MR) is 55.0 cm³/mol. The van der Waals surface area contributed by atoms with Crippen molar-refractivity contribution in [3.05, 3.63) is 31.7 Å². The van der Waals surface area contributed by atoms with E-state index in [1.165, 1.54) is 29.7 Å². The zero-order valence-electron chi connectivity index (χ0n) is 7.29. The lowest BCUT2D eigenvalue weighted by Gasteiger charge is -1.93. The molecule has 0 amide bonds. The van der Waals surface area contributed by atoms with Crippen molar-refractivity contribution < 1.29 is 0 Å². The second-order valence-corrected chi connectivity index (χ2v) is 4.46. The summed E-state index contributed by atoms with van der Waals surface area (Å²) in [4.78, 5) is 28.2. The van der Waals surface area contributed by atoms with E-state index in [4.69, 9.17) is 0 Å². The number of fused-ring (bicyclic) bond motifs is 1. The number of aromatic nitrogens is 2. The molecule has 0 unspecified atom stereocenters. The summed E-state index contributed by atoms with van der Waals surface area (Å²) in [5.41, 5.74) is 0.875. The van der Waals surface area contributed by atoms with Crippen LogP contribution in [0.1, 0.15) is 24.3 Å². The normalized spacial score (nSPS) is 16.3. The molecule has 0 atom stereocenters. The van der Waals surface area contributed by atoms with Gasteiger partial charge in [-0.2, -0.15) is 0 Å². The van der Waals surface area contributed by atoms with E-state index in [2.05, 4.69) is 9.97 Å². The maximum atomic E-state index is 11.1. The van der Waals surface area contributed by atoms with Crippen LogP contribution in [0.2, 0.25) is 0 Å². The molecule has 2 aromatic rings. The van der Waals surface area contributed by atoms with Crippen molar-refractivity contribution >= 4 is 21.7 Å². The smallest absolute Gasteiger partial charge is 0.314 e. The molecule has 2 heterocycles. The molecule has 1 aliphatic rings. The molecular formula is C9H8N2O2S. The first kappa shape index (κ1) is 7.99. The summed E-state index contributed by atoms with van der Waals surface area (Å²) in [5.74, 6) is 0.588. The van der Waals surface area contributed by atoms with Gasteiger partial charge in [0.25, 0.3) is 0 Å². The molecule has 0 radical (unpaired) electrons. The molecule has 4 nitrogen and oxygen atoms in total. The highest BCUT2D eigenvalue weighted by atomic mass is 32.1. The Morgan fingerprint density at radius 2 is 1.93 bits per heavy atom. The van der Waals surface area contributed by atoms with Gasteiger partial charge in [0.2, 0.25) is 0 Å². The van der Waals surface area contributed by atoms with Crippen LogP contribution in [0.25, 0.3) is 10.3 Å². The van der Waals surface area contributed by atoms with Crippen LogP contribution in [0, 0.1) is 0 Å². The minimum atomic E-state index is -0.568. The minimum Gasteiger partial charge on any atom is -0.315 e. The highest BCUT2D eigenvalue weighted by Gasteiger charge is 2.26. The fourth-order valence-electron chi connectivity index (χ4n) is 1.62. The predicted octanol–water partition coefficient (Wildman–Crippen LogP) is 1.16. The van der Waals surface area contributed by atoms with Crippen LogP contribution in [0.3, 0.4) is 0 Å². The topological polar surface area (TPSA) is 65.7 Å². The van der Waals surface area contributed by atoms with E-state index in [1.54, 1.807) is 0 Å². The molecule has 1 fully saturated rings. The monoisotopic (exact) mass is 208 g/mol. The molecule has 14 heavy (non-hydrogen) atoms. The molecule has 0 saturated heterocycles. The zero-order chi connectivity index (χ0) is 9.71. The summed E-state index contributed by atoms with van der Waals surface area (Å²) >= 11 is 1.48. The number of aromatic amines is 2. The summed E-state index contributed by atoms with van der Waals surface area (Å²) in [7, 11) is 0. The van der Waals surface area contributed by atoms with Gasteiger partial charge in [-0.15, -0.1) is 11.3 Å². The number of hydrogen-bond acceptors (Lipinski definition) is 3. The maximum absolute atomic E-state index is 11.1. The maximum Gasteiger partial charge on any atom is 0.314 e. The molecule has 0 aromatic carbocycles. The highest BCUT2D eigenvalue weighted by Crippen LogP contribution is 2.43. The number of H-pyrrole nitrogens is 2. The van der Waals surface area contributed by atoms with Gasteiger partial charge in [-0.1, -0.05) is 0 Å². The fourth-order valence-corrected chi connectivity index (χ4v) is 2.61. The molecule has 0 aliphatic heterocycles. The number of nitrogens with one attached hydrogen (secondary N) is 2. The summed E-state index contributed by atoms with van der Waals surface area (Å²) < 4.78 is 0. The third-order valence-electron chi connectivity index (χ3n) is 2.51. The second kappa shape index (κ2) is 2.57. The molecule has 72 valence electrons. The van der Waals surface area contributed by atoms with Crippen molar-refractivity contribution in [2.24, 2.45) is 0 Å². The molecule has 0 bridgehead atoms. The van der Waals surface area contributed by atoms with E-state index in [-0.39, 0.29) is 0 Å². The van der Waals surface area contributed by atoms with Crippen molar-refractivity contribution in [3.63, 3.8) is 0 Å². The number of rotatable bonds is 1. The van der Waals surface area contributed by atoms with Crippen LogP contribution >= 0.6 is 11.3 Å². The molecule has 2 aromatic heterocycles. The van der Waals surface area contributed by atoms with Crippen LogP contribution in [0.15, 0.2) is 15.0 Å². The summed E-state index contributed by atoms with van der Waals surface area (Å²) in [5, 5.41) is 2.02. The molecule has 2 N–H and O–H groups in total. The number of hydrogen-bond donors (Lipinski definition) is 2. The Kier molecular flexibility index (Phi) is 1.47. The average Bonchev–Trinajstić information content (AvgIpc) is 2.91. The first-order valence-corrected chi connectivity index (χ1v) is 5.37. The molecule has 3 rings (SSSR count). The van der Waals surface area contributed by atoms with Gasteiger partial charge in [0.05, 0.1) is 5.52 Å². The van der Waals surface area contributed by atoms with Gasteiger partial charge in [0.1, 0.15) is 4.83 Å². The van der Waals surface area contributed by atoms with Gasteiger partial charge in [-0.25, -0.2) is 0 Å². The van der Waals surface area contributed by atoms with Crippen LogP contribution in [0.4, 0.5) is 0 Å². The Hall–Kier alpha value is -1.36. The van der Waals surface area contributed by atoms with Gasteiger partial charge in [-0.05, 0) is 29.7 Å². The van der Waals surface area contributed by atoms with Gasteiger partial charge < -0.3 is 9.97 Å². The van der Waals surface area contributed by atoms with E-state index in [1.807, 2.05) is 5.38 Å². The lowest BCUT2D eigenvalue weighted by molar-refractivity contribution is 1.11. The second-order valence-electron chi connectivity index (χ2n) is 3.58. The van der Waals surface area contributed by atoms with Gasteiger partial charge in [-0.3, -0.25) is 9.59 Å². The van der Waals surface area contributed by atoms with Crippen molar-refractivity contribution in [3.8, 4) is 0 Å². The van der Waals surface area contributed by atoms with Crippen LogP contribution in [0.5, 0.6) is 0 Å². The van der Waals surface area contributed by atoms with E-state index in [0.29, 0.717) is 5.92 Å². The van der Waals surface area contributed by atoms with Crippen molar-refractivity contribution in [1.29, 1.82) is 0 Å². The molecule has 0 spiro atoms. The zero-order valence-corrected chi connectivity index (χ0v) is 8.11. The average molecular weight is 208 g/mol. The molecule has 1 saturated carbocycles. The SMILES string of the molecule is O=c1[nH]c2scc(C3CC3)c2[nH]c1=O. The summed E-state index contributed by atoms with van der Waals surface area (Å²) in [6.07, 6.45) is 2.37. The molecular weight excluding hydrogens is 200 g/mol. The van der Waals surface area contributed by atoms with Crippen molar-refractivity contribution in [1.82, 2.24) is 9.97 Å². The van der Waals surface area contributed by atoms with Gasteiger partial charge >= 0.3 is 11.1 Å². The first-order valence-electron chi connectivity index (χ1n) is 4.49. The lowest BCUT2D eigenvalue weighted by atomic mass is 10.2. The summed E-state index contributed by atoms with van der Waals surface area (Å²) in [6.45, 7) is 0. The van der Waals surface area contributed by atoms with E-state index >= 15 is 0 Å². The standard InChI is InChI=1S/C9H8N2O2S/c12-7-8(13)11-9-6(10-7)5(3-14-9)4-1-2-4/h3-4H,1-2H2,(H,10,12)(H,11,13). The van der Waals surface area contributed by atoms with Crippen LogP contribution in [-0.4, -0.2) is 9.97 Å². The lowest BCUT2D eigenvalue weighted by Crippen LogP contribution is -2.28. The highest BCUT2D eigenvalue weighted by molar-refractivity contribution is 7.16. The first-order chi connectivity index (χ1) is 6.75. The molecule has 1 aliphatic carbocycles. The minimum absolute atomic E-state index is 0.558. The third kappa shape index (κ3) is 1.05. The third-order valence-corrected chi connectivity index (χ3v) is 3.42. The van der Waals surface area contributed by atoms with E-state index in [9.17, 15) is 9.59 Å². The van der Waals surface area contributed by atoms with Gasteiger partial charge in [0, 0.05) is 0 Å². The Labute approximate surface area is 82.6 Å². The van der Waals surface area contributed by atoms with E-state index < -0.39 is 11.1 Å². The Bertz CT molecular complexity index is 603. The number of thiophene rings is 1. The molecule has 5 heteroatoms. The largest absolute Gasteiger partial charge is 0.315 e. The Balaban J connectivity index is 2.39. The quantitative estimate of drug-likeness (QED) is 0.690. The fraction of sp³-hybridized carbons (Fsp3) is 0.333. The van der Waals surface area contributed by atoms with Crippen molar-refractivity contribution in [2.45, 2.75) is 18.8 Å².